The number of likely N-dealkylation sites (tertiary alicyclic amines) is 1. The van der Waals surface area contributed by atoms with Gasteiger partial charge in [0.2, 0.25) is 5.91 Å². The average Bonchev–Trinajstić information content (AvgIpc) is 3.06. The molecule has 1 aliphatic heterocycles. The largest absolute Gasteiger partial charge is 0.469 e. The van der Waals surface area contributed by atoms with Gasteiger partial charge in [-0.2, -0.15) is 0 Å². The lowest BCUT2D eigenvalue weighted by Crippen LogP contribution is -2.54. The van der Waals surface area contributed by atoms with E-state index in [4.69, 9.17) is 4.42 Å². The molecule has 0 radical (unpaired) electrons. The summed E-state index contributed by atoms with van der Waals surface area (Å²) in [6, 6.07) is 3.23. The lowest BCUT2D eigenvalue weighted by atomic mass is 10.0. The fourth-order valence-electron chi connectivity index (χ4n) is 3.08. The fraction of sp³-hybridized carbons (Fsp3) is 0.667. The number of rotatable bonds is 6. The van der Waals surface area contributed by atoms with E-state index in [0.717, 1.165) is 38.0 Å². The molecule has 24 heavy (non-hydrogen) atoms. The number of piperidine rings is 1. The molecule has 1 aliphatic rings. The van der Waals surface area contributed by atoms with Gasteiger partial charge in [-0.15, -0.1) is 0 Å². The number of carbonyl (C=O) groups excluding carboxylic acids is 2. The first-order valence-electron chi connectivity index (χ1n) is 8.87. The van der Waals surface area contributed by atoms with Crippen LogP contribution in [-0.2, 0) is 11.2 Å². The quantitative estimate of drug-likeness (QED) is 0.839. The summed E-state index contributed by atoms with van der Waals surface area (Å²) >= 11 is 0. The lowest BCUT2D eigenvalue weighted by Gasteiger charge is -2.35. The molecule has 2 heterocycles. The Morgan fingerprint density at radius 2 is 2.12 bits per heavy atom. The highest BCUT2D eigenvalue weighted by atomic mass is 16.3. The summed E-state index contributed by atoms with van der Waals surface area (Å²) in [4.78, 5) is 26.4. The van der Waals surface area contributed by atoms with Gasteiger partial charge in [0.05, 0.1) is 6.26 Å². The molecule has 0 aromatic carbocycles. The van der Waals surface area contributed by atoms with Gasteiger partial charge in [0.25, 0.3) is 0 Å². The second-order valence-electron chi connectivity index (χ2n) is 6.74. The molecule has 1 aromatic heterocycles. The third kappa shape index (κ3) is 5.28. The number of nitrogens with one attached hydrogen (secondary N) is 2. The average molecular weight is 335 g/mol. The molecule has 3 amide bonds. The van der Waals surface area contributed by atoms with E-state index >= 15 is 0 Å². The third-order valence-corrected chi connectivity index (χ3v) is 4.59. The van der Waals surface area contributed by atoms with E-state index in [9.17, 15) is 9.59 Å². The maximum Gasteiger partial charge on any atom is 0.315 e. The molecule has 1 aromatic rings. The highest BCUT2D eigenvalue weighted by molar-refractivity contribution is 5.87. The van der Waals surface area contributed by atoms with E-state index in [0.29, 0.717) is 0 Å². The van der Waals surface area contributed by atoms with Crippen molar-refractivity contribution in [3.63, 3.8) is 0 Å². The zero-order valence-corrected chi connectivity index (χ0v) is 14.9. The van der Waals surface area contributed by atoms with Crippen LogP contribution in [0.4, 0.5) is 4.79 Å². The molecular weight excluding hydrogens is 306 g/mol. The van der Waals surface area contributed by atoms with E-state index in [-0.39, 0.29) is 24.0 Å². The summed E-state index contributed by atoms with van der Waals surface area (Å²) in [7, 11) is 0. The Morgan fingerprint density at radius 3 is 2.79 bits per heavy atom. The second kappa shape index (κ2) is 8.76. The van der Waals surface area contributed by atoms with Crippen molar-refractivity contribution in [2.45, 2.75) is 71.0 Å². The lowest BCUT2D eigenvalue weighted by molar-refractivity contribution is -0.136. The predicted octanol–water partition coefficient (Wildman–Crippen LogP) is 2.69. The molecule has 1 fully saturated rings. The second-order valence-corrected chi connectivity index (χ2v) is 6.74. The first kappa shape index (κ1) is 18.4. The topological polar surface area (TPSA) is 74.6 Å². The zero-order chi connectivity index (χ0) is 17.5. The number of furan rings is 1. The van der Waals surface area contributed by atoms with Gasteiger partial charge >= 0.3 is 6.03 Å². The van der Waals surface area contributed by atoms with Gasteiger partial charge in [0, 0.05) is 25.0 Å². The van der Waals surface area contributed by atoms with Crippen LogP contribution in [0.5, 0.6) is 0 Å². The van der Waals surface area contributed by atoms with Crippen LogP contribution in [0.3, 0.4) is 0 Å². The summed E-state index contributed by atoms with van der Waals surface area (Å²) in [6.07, 6.45) is 6.45. The van der Waals surface area contributed by atoms with Crippen LogP contribution in [0.1, 0.15) is 52.2 Å². The summed E-state index contributed by atoms with van der Waals surface area (Å²) in [5, 5.41) is 5.64. The number of amides is 3. The van der Waals surface area contributed by atoms with Crippen molar-refractivity contribution in [3.8, 4) is 0 Å². The summed E-state index contributed by atoms with van der Waals surface area (Å²) in [5.74, 6) is 0.910. The number of carbonyl (C=O) groups is 2. The first-order chi connectivity index (χ1) is 11.5. The number of hydrogen-bond acceptors (Lipinski definition) is 3. The van der Waals surface area contributed by atoms with E-state index in [1.54, 1.807) is 13.2 Å². The highest BCUT2D eigenvalue weighted by Gasteiger charge is 2.27. The van der Waals surface area contributed by atoms with Crippen molar-refractivity contribution in [3.05, 3.63) is 24.2 Å². The Morgan fingerprint density at radius 1 is 1.33 bits per heavy atom. The standard InChI is InChI=1S/C18H29N3O3/c1-13(9-10-16-8-6-12-24-16)19-18(23)20-15(3)17(22)21-11-5-4-7-14(21)2/h6,8,12-15H,4-5,7,9-11H2,1-3H3,(H2,19,20,23)/t13-,14+,15-/m1/s1. The SMILES string of the molecule is C[C@H](CCc1ccco1)NC(=O)N[C@H](C)C(=O)N1CCCC[C@@H]1C. The van der Waals surface area contributed by atoms with Crippen LogP contribution in [0, 0.1) is 0 Å². The Bertz CT molecular complexity index is 530. The molecule has 0 bridgehead atoms. The summed E-state index contributed by atoms with van der Waals surface area (Å²) in [6.45, 7) is 6.55. The van der Waals surface area contributed by atoms with Crippen LogP contribution < -0.4 is 10.6 Å². The van der Waals surface area contributed by atoms with Gasteiger partial charge in [0.15, 0.2) is 0 Å². The first-order valence-corrected chi connectivity index (χ1v) is 8.87. The smallest absolute Gasteiger partial charge is 0.315 e. The van der Waals surface area contributed by atoms with Gasteiger partial charge in [-0.05, 0) is 58.6 Å². The minimum absolute atomic E-state index is 0.000545. The molecule has 6 heteroatoms. The number of aryl methyl sites for hydroxylation is 1. The zero-order valence-electron chi connectivity index (χ0n) is 14.9. The fourth-order valence-corrected chi connectivity index (χ4v) is 3.08. The van der Waals surface area contributed by atoms with Crippen molar-refractivity contribution in [1.29, 1.82) is 0 Å². The van der Waals surface area contributed by atoms with Crippen LogP contribution in [-0.4, -0.2) is 41.5 Å². The van der Waals surface area contributed by atoms with Crippen molar-refractivity contribution in [1.82, 2.24) is 15.5 Å². The van der Waals surface area contributed by atoms with Crippen LogP contribution in [0.25, 0.3) is 0 Å². The van der Waals surface area contributed by atoms with Gasteiger partial charge in [0.1, 0.15) is 11.8 Å². The van der Waals surface area contributed by atoms with E-state index < -0.39 is 6.04 Å². The molecule has 0 aliphatic carbocycles. The Hall–Kier alpha value is -1.98. The van der Waals surface area contributed by atoms with Gasteiger partial charge < -0.3 is 20.0 Å². The van der Waals surface area contributed by atoms with E-state index in [1.807, 2.05) is 24.0 Å². The molecule has 2 rings (SSSR count). The van der Waals surface area contributed by atoms with Crippen molar-refractivity contribution in [2.75, 3.05) is 6.54 Å². The maximum atomic E-state index is 12.5. The van der Waals surface area contributed by atoms with Crippen LogP contribution in [0.15, 0.2) is 22.8 Å². The molecule has 134 valence electrons. The maximum absolute atomic E-state index is 12.5. The summed E-state index contributed by atoms with van der Waals surface area (Å²) < 4.78 is 5.28. The molecule has 0 saturated carbocycles. The monoisotopic (exact) mass is 335 g/mol. The summed E-state index contributed by atoms with van der Waals surface area (Å²) in [5.41, 5.74) is 0. The molecule has 3 atom stereocenters. The van der Waals surface area contributed by atoms with Crippen LogP contribution >= 0.6 is 0 Å². The van der Waals surface area contributed by atoms with E-state index in [1.165, 1.54) is 6.42 Å². The van der Waals surface area contributed by atoms with Crippen molar-refractivity contribution < 1.29 is 14.0 Å². The minimum Gasteiger partial charge on any atom is -0.469 e. The van der Waals surface area contributed by atoms with Crippen LogP contribution in [0.2, 0.25) is 0 Å². The normalized spacial score (nSPS) is 20.3. The Balaban J connectivity index is 1.73. The highest BCUT2D eigenvalue weighted by Crippen LogP contribution is 2.17. The molecule has 1 saturated heterocycles. The number of nitrogens with zero attached hydrogens (tertiary/aromatic N) is 1. The number of hydrogen-bond donors (Lipinski definition) is 2. The van der Waals surface area contributed by atoms with Gasteiger partial charge in [-0.25, -0.2) is 4.79 Å². The Labute approximate surface area is 144 Å². The molecule has 6 nitrogen and oxygen atoms in total. The van der Waals surface area contributed by atoms with Gasteiger partial charge in [-0.1, -0.05) is 0 Å². The minimum atomic E-state index is -0.511. The molecule has 2 N–H and O–H groups in total. The number of urea groups is 1. The molecule has 0 spiro atoms. The molecule has 0 unspecified atom stereocenters. The predicted molar refractivity (Wildman–Crippen MR) is 92.6 cm³/mol. The van der Waals surface area contributed by atoms with E-state index in [2.05, 4.69) is 17.6 Å². The third-order valence-electron chi connectivity index (χ3n) is 4.59. The Kier molecular flexibility index (Phi) is 6.70. The molecular formula is C18H29N3O3. The van der Waals surface area contributed by atoms with Gasteiger partial charge in [-0.3, -0.25) is 4.79 Å². The van der Waals surface area contributed by atoms with Crippen molar-refractivity contribution in [2.24, 2.45) is 0 Å². The van der Waals surface area contributed by atoms with Crippen molar-refractivity contribution >= 4 is 11.9 Å².